The van der Waals surface area contributed by atoms with Crippen LogP contribution in [0, 0.1) is 0 Å². The van der Waals surface area contributed by atoms with Crippen LogP contribution in [-0.4, -0.2) is 49.9 Å². The Morgan fingerprint density at radius 2 is 2.00 bits per heavy atom. The van der Waals surface area contributed by atoms with Gasteiger partial charge in [-0.25, -0.2) is 15.0 Å². The van der Waals surface area contributed by atoms with Crippen molar-refractivity contribution in [3.8, 4) is 0 Å². The number of carbonyl (C=O) groups excluding carboxylic acids is 1. The Kier molecular flexibility index (Phi) is 3.61. The summed E-state index contributed by atoms with van der Waals surface area (Å²) in [5.74, 6) is 0.863. The lowest BCUT2D eigenvalue weighted by Gasteiger charge is -2.19. The third-order valence-electron chi connectivity index (χ3n) is 4.27. The molecule has 0 unspecified atom stereocenters. The third kappa shape index (κ3) is 2.99. The van der Waals surface area contributed by atoms with Crippen LogP contribution in [0.15, 0.2) is 24.9 Å². The van der Waals surface area contributed by atoms with E-state index in [0.717, 1.165) is 29.9 Å². The van der Waals surface area contributed by atoms with Crippen molar-refractivity contribution in [2.45, 2.75) is 31.7 Å². The van der Waals surface area contributed by atoms with Crippen LogP contribution in [0.25, 0.3) is 0 Å². The van der Waals surface area contributed by atoms with Gasteiger partial charge < -0.3 is 10.2 Å². The van der Waals surface area contributed by atoms with E-state index in [2.05, 4.69) is 25.3 Å². The quantitative estimate of drug-likeness (QED) is 0.913. The first-order valence-corrected chi connectivity index (χ1v) is 7.96. The molecule has 2 aromatic heterocycles. The first-order chi connectivity index (χ1) is 11.3. The predicted molar refractivity (Wildman–Crippen MR) is 84.0 cm³/mol. The predicted octanol–water partition coefficient (Wildman–Crippen LogP) is 1.08. The van der Waals surface area contributed by atoms with Crippen molar-refractivity contribution in [3.63, 3.8) is 0 Å². The van der Waals surface area contributed by atoms with Gasteiger partial charge in [-0.2, -0.15) is 0 Å². The molecule has 0 spiro atoms. The van der Waals surface area contributed by atoms with Crippen LogP contribution in [0.2, 0.25) is 0 Å². The van der Waals surface area contributed by atoms with Crippen molar-refractivity contribution >= 4 is 11.7 Å². The van der Waals surface area contributed by atoms with Crippen LogP contribution < -0.4 is 5.32 Å². The van der Waals surface area contributed by atoms with Gasteiger partial charge in [0.15, 0.2) is 0 Å². The highest BCUT2D eigenvalue weighted by atomic mass is 16.2. The molecule has 2 aliphatic rings. The van der Waals surface area contributed by atoms with Crippen LogP contribution in [0.3, 0.4) is 0 Å². The van der Waals surface area contributed by atoms with E-state index < -0.39 is 0 Å². The summed E-state index contributed by atoms with van der Waals surface area (Å²) in [7, 11) is 0. The van der Waals surface area contributed by atoms with Gasteiger partial charge in [-0.3, -0.25) is 9.78 Å². The maximum Gasteiger partial charge on any atom is 0.274 e. The Balaban J connectivity index is 1.53. The second-order valence-electron chi connectivity index (χ2n) is 5.95. The van der Waals surface area contributed by atoms with Gasteiger partial charge in [-0.15, -0.1) is 0 Å². The molecule has 1 saturated carbocycles. The Bertz CT molecular complexity index is 716. The van der Waals surface area contributed by atoms with E-state index in [1.165, 1.54) is 19.0 Å². The van der Waals surface area contributed by atoms with Gasteiger partial charge in [0, 0.05) is 43.5 Å². The lowest BCUT2D eigenvalue weighted by atomic mass is 10.1. The zero-order valence-electron chi connectivity index (χ0n) is 12.8. The van der Waals surface area contributed by atoms with E-state index in [9.17, 15) is 4.79 Å². The Morgan fingerprint density at radius 3 is 2.78 bits per heavy atom. The van der Waals surface area contributed by atoms with Crippen molar-refractivity contribution in [1.29, 1.82) is 0 Å². The molecule has 0 radical (unpaired) electrons. The van der Waals surface area contributed by atoms with Crippen molar-refractivity contribution in [1.82, 2.24) is 24.8 Å². The van der Waals surface area contributed by atoms with Gasteiger partial charge in [0.2, 0.25) is 0 Å². The summed E-state index contributed by atoms with van der Waals surface area (Å²) in [6, 6.07) is 0.551. The molecule has 3 heterocycles. The molecule has 0 saturated heterocycles. The van der Waals surface area contributed by atoms with E-state index in [1.54, 1.807) is 18.7 Å². The normalized spacial score (nSPS) is 17.3. The summed E-state index contributed by atoms with van der Waals surface area (Å²) in [6.07, 6.45) is 10.2. The van der Waals surface area contributed by atoms with Gasteiger partial charge in [-0.1, -0.05) is 0 Å². The number of rotatable bonds is 3. The monoisotopic (exact) mass is 310 g/mol. The van der Waals surface area contributed by atoms with Crippen molar-refractivity contribution < 1.29 is 4.79 Å². The zero-order chi connectivity index (χ0) is 15.6. The minimum Gasteiger partial charge on any atom is -0.367 e. The van der Waals surface area contributed by atoms with E-state index in [4.69, 9.17) is 0 Å². The highest BCUT2D eigenvalue weighted by Gasteiger charge is 2.26. The molecule has 1 fully saturated rings. The highest BCUT2D eigenvalue weighted by Crippen LogP contribution is 2.27. The topological polar surface area (TPSA) is 83.9 Å². The standard InChI is InChI=1S/C16H18N6O/c23-16(14-9-17-5-6-18-14)22-7-3-12-13(4-8-22)19-10-20-15(12)21-11-1-2-11/h5-6,9-11H,1-4,7-8H2,(H,19,20,21). The summed E-state index contributed by atoms with van der Waals surface area (Å²) in [5.41, 5.74) is 2.58. The molecule has 118 valence electrons. The molecule has 4 rings (SSSR count). The number of fused-ring (bicyclic) bond motifs is 1. The lowest BCUT2D eigenvalue weighted by Crippen LogP contribution is -2.33. The van der Waals surface area contributed by atoms with Crippen molar-refractivity contribution in [2.24, 2.45) is 0 Å². The molecular weight excluding hydrogens is 292 g/mol. The Labute approximate surface area is 134 Å². The third-order valence-corrected chi connectivity index (χ3v) is 4.27. The molecular formula is C16H18N6O. The number of nitrogens with one attached hydrogen (secondary N) is 1. The number of hydrogen-bond donors (Lipinski definition) is 1. The maximum absolute atomic E-state index is 12.5. The molecule has 7 nitrogen and oxygen atoms in total. The molecule has 2 aromatic rings. The lowest BCUT2D eigenvalue weighted by molar-refractivity contribution is 0.0756. The SMILES string of the molecule is O=C(c1cnccn1)N1CCc2ncnc(NC3CC3)c2CC1. The van der Waals surface area contributed by atoms with Gasteiger partial charge in [-0.05, 0) is 19.3 Å². The molecule has 1 N–H and O–H groups in total. The smallest absolute Gasteiger partial charge is 0.274 e. The van der Waals surface area contributed by atoms with Crippen LogP contribution in [0.4, 0.5) is 5.82 Å². The molecule has 0 bridgehead atoms. The summed E-state index contributed by atoms with van der Waals surface area (Å²) in [4.78, 5) is 31.3. The van der Waals surface area contributed by atoms with E-state index in [1.807, 2.05) is 4.90 Å². The molecule has 7 heteroatoms. The molecule has 23 heavy (non-hydrogen) atoms. The summed E-state index contributed by atoms with van der Waals surface area (Å²) >= 11 is 0. The molecule has 0 aromatic carbocycles. The van der Waals surface area contributed by atoms with Gasteiger partial charge >= 0.3 is 0 Å². The molecule has 1 aliphatic carbocycles. The van der Waals surface area contributed by atoms with Gasteiger partial charge in [0.05, 0.1) is 11.9 Å². The second-order valence-corrected chi connectivity index (χ2v) is 5.95. The highest BCUT2D eigenvalue weighted by molar-refractivity contribution is 5.92. The summed E-state index contributed by atoms with van der Waals surface area (Å²) in [5, 5.41) is 3.47. The largest absolute Gasteiger partial charge is 0.367 e. The second kappa shape index (κ2) is 5.91. The van der Waals surface area contributed by atoms with Crippen molar-refractivity contribution in [2.75, 3.05) is 18.4 Å². The fourth-order valence-electron chi connectivity index (χ4n) is 2.85. The molecule has 1 amide bonds. The van der Waals surface area contributed by atoms with E-state index in [0.29, 0.717) is 24.8 Å². The zero-order valence-corrected chi connectivity index (χ0v) is 12.8. The average molecular weight is 310 g/mol. The number of carbonyl (C=O) groups is 1. The van der Waals surface area contributed by atoms with Gasteiger partial charge in [0.25, 0.3) is 5.91 Å². The summed E-state index contributed by atoms with van der Waals surface area (Å²) in [6.45, 7) is 1.29. The fraction of sp³-hybridized carbons (Fsp3) is 0.438. The molecule has 0 atom stereocenters. The van der Waals surface area contributed by atoms with Crippen LogP contribution in [0.5, 0.6) is 0 Å². The van der Waals surface area contributed by atoms with Crippen LogP contribution in [-0.2, 0) is 12.8 Å². The van der Waals surface area contributed by atoms with E-state index in [-0.39, 0.29) is 5.91 Å². The first kappa shape index (κ1) is 14.0. The van der Waals surface area contributed by atoms with Gasteiger partial charge in [0.1, 0.15) is 17.8 Å². The van der Waals surface area contributed by atoms with Crippen molar-refractivity contribution in [3.05, 3.63) is 41.9 Å². The van der Waals surface area contributed by atoms with Crippen LogP contribution >= 0.6 is 0 Å². The number of aromatic nitrogens is 4. The number of anilines is 1. The van der Waals surface area contributed by atoms with Crippen LogP contribution in [0.1, 0.15) is 34.6 Å². The summed E-state index contributed by atoms with van der Waals surface area (Å²) < 4.78 is 0. The Hall–Kier alpha value is -2.57. The maximum atomic E-state index is 12.5. The minimum atomic E-state index is -0.0735. The minimum absolute atomic E-state index is 0.0735. The van der Waals surface area contributed by atoms with E-state index >= 15 is 0 Å². The number of nitrogens with zero attached hydrogens (tertiary/aromatic N) is 5. The molecule has 1 aliphatic heterocycles. The fourth-order valence-corrected chi connectivity index (χ4v) is 2.85. The first-order valence-electron chi connectivity index (χ1n) is 7.96. The Morgan fingerprint density at radius 1 is 1.13 bits per heavy atom. The number of hydrogen-bond acceptors (Lipinski definition) is 6. The average Bonchev–Trinajstić information content (AvgIpc) is 3.42. The number of amides is 1.